The normalized spacial score (nSPS) is 15.3. The standard InChI is InChI=1S/C146H147NO2/c1-9-15-21-27-49-83-142(84-50-28-22-16-10-2)116-63-41-33-55-101(116)108-77-72-97(90-125(108)142)96-71-76-106-107-78-73-98(91-124(107)141(7,8)123(106)89-96)147(99-75-80-111-126(92-99)144(87-53-31-25-19-13-5,88-54-32-26-20-14-6)139-137(111)140-136(113-62-40-48-70-131(113)149-140)135-110-60-38-42-64-117(110)143(138(135)139,85-51-29-23-17-11-3)86-52-30-24-18-12-4)100-74-79-109-114-94-129-115(95-128(114)146(127(109)93-100)120-67-45-36-58-104(120)105-59-37-46-68-121(105)146)133-122(81-82-132-134(133)112-61-39-47-69-130(112)148-132)145(129)118-65-43-34-56-102(118)103-57-35-44-66-119(103)145/h33-48,55-82,89-95H,9-32,49-54,83-88H2,1-8H3. The molecule has 2 heterocycles. The van der Waals surface area contributed by atoms with E-state index in [-0.39, 0.29) is 21.7 Å². The molecule has 0 aliphatic heterocycles. The lowest BCUT2D eigenvalue weighted by Crippen LogP contribution is -2.33. The highest BCUT2D eigenvalue weighted by Crippen LogP contribution is 2.73. The van der Waals surface area contributed by atoms with E-state index >= 15 is 0 Å². The van der Waals surface area contributed by atoms with Crippen LogP contribution in [0.25, 0.3) is 144 Å². The van der Waals surface area contributed by atoms with Crippen molar-refractivity contribution >= 4 is 60.9 Å². The molecule has 26 rings (SSSR count). The van der Waals surface area contributed by atoms with Gasteiger partial charge >= 0.3 is 0 Å². The Morgan fingerprint density at radius 1 is 0.201 bits per heavy atom. The van der Waals surface area contributed by atoms with E-state index in [4.69, 9.17) is 8.83 Å². The van der Waals surface area contributed by atoms with Crippen molar-refractivity contribution < 1.29 is 8.83 Å². The Balaban J connectivity index is 0.713. The Labute approximate surface area is 885 Å². The van der Waals surface area contributed by atoms with E-state index < -0.39 is 10.8 Å². The molecule has 3 heteroatoms. The summed E-state index contributed by atoms with van der Waals surface area (Å²) in [6.07, 6.45) is 44.3. The quantitative estimate of drug-likeness (QED) is 0.0359. The minimum atomic E-state index is -0.757. The molecule has 0 fully saturated rings. The Hall–Kier alpha value is -13.1. The summed E-state index contributed by atoms with van der Waals surface area (Å²) in [6.45, 7) is 19.4. The van der Waals surface area contributed by atoms with E-state index in [1.807, 2.05) is 0 Å². The predicted molar refractivity (Wildman–Crippen MR) is 630 cm³/mol. The van der Waals surface area contributed by atoms with Crippen molar-refractivity contribution in [1.29, 1.82) is 0 Å². The molecular formula is C146H147NO2. The van der Waals surface area contributed by atoms with Gasteiger partial charge in [-0.05, 0) is 301 Å². The second-order valence-corrected chi connectivity index (χ2v) is 46.9. The van der Waals surface area contributed by atoms with Gasteiger partial charge < -0.3 is 13.7 Å². The number of anilines is 3. The Morgan fingerprint density at radius 2 is 0.517 bits per heavy atom. The Kier molecular flexibility index (Phi) is 24.8. The number of hydrogen-bond donors (Lipinski definition) is 0. The minimum Gasteiger partial charge on any atom is -0.456 e. The summed E-state index contributed by atoms with van der Waals surface area (Å²) >= 11 is 0. The molecule has 0 amide bonds. The number of fused-ring (bicyclic) bond motifs is 42. The first kappa shape index (κ1) is 95.5. The molecule has 0 saturated carbocycles. The smallest absolute Gasteiger partial charge is 0.144 e. The van der Waals surface area contributed by atoms with Gasteiger partial charge in [-0.1, -0.05) is 479 Å². The van der Waals surface area contributed by atoms with Gasteiger partial charge in [0.1, 0.15) is 22.3 Å². The maximum atomic E-state index is 7.92. The number of nitrogens with zero attached hydrogens (tertiary/aromatic N) is 1. The first-order valence-electron chi connectivity index (χ1n) is 58.7. The van der Waals surface area contributed by atoms with Crippen LogP contribution in [0.4, 0.5) is 17.1 Å². The minimum absolute atomic E-state index is 0.0199. The van der Waals surface area contributed by atoms with Gasteiger partial charge in [-0.25, -0.2) is 0 Å². The van der Waals surface area contributed by atoms with Gasteiger partial charge in [0, 0.05) is 65.8 Å². The number of furan rings is 2. The lowest BCUT2D eigenvalue weighted by Gasteiger charge is -2.40. The van der Waals surface area contributed by atoms with Crippen LogP contribution in [0.5, 0.6) is 0 Å². The third kappa shape index (κ3) is 14.5. The largest absolute Gasteiger partial charge is 0.456 e. The molecule has 0 atom stereocenters. The fourth-order valence-corrected chi connectivity index (χ4v) is 31.6. The first-order valence-corrected chi connectivity index (χ1v) is 58.7. The molecular weight excluding hydrogens is 1800 g/mol. The topological polar surface area (TPSA) is 29.5 Å². The van der Waals surface area contributed by atoms with Crippen molar-refractivity contribution in [3.63, 3.8) is 0 Å². The third-order valence-electron chi connectivity index (χ3n) is 38.3. The number of benzene rings is 16. The lowest BCUT2D eigenvalue weighted by atomic mass is 9.62. The van der Waals surface area contributed by atoms with Crippen LogP contribution in [0, 0.1) is 0 Å². The number of unbranched alkanes of at least 4 members (excludes halogenated alkanes) is 24. The molecule has 3 nitrogen and oxygen atoms in total. The van der Waals surface area contributed by atoms with E-state index in [0.29, 0.717) is 0 Å². The molecule has 2 aromatic heterocycles. The summed E-state index contributed by atoms with van der Waals surface area (Å²) in [7, 11) is 0. The van der Waals surface area contributed by atoms with Gasteiger partial charge in [-0.2, -0.15) is 0 Å². The van der Waals surface area contributed by atoms with Crippen LogP contribution < -0.4 is 4.90 Å². The molecule has 0 saturated heterocycles. The second kappa shape index (κ2) is 38.7. The van der Waals surface area contributed by atoms with Crippen LogP contribution in [0.1, 0.15) is 376 Å². The Morgan fingerprint density at radius 3 is 1.01 bits per heavy atom. The van der Waals surface area contributed by atoms with Crippen molar-refractivity contribution in [2.45, 2.75) is 319 Å². The van der Waals surface area contributed by atoms with Crippen LogP contribution in [-0.2, 0) is 32.5 Å². The van der Waals surface area contributed by atoms with Crippen molar-refractivity contribution in [2.75, 3.05) is 4.90 Å². The van der Waals surface area contributed by atoms with Gasteiger partial charge in [0.05, 0.1) is 10.8 Å². The molecule has 0 radical (unpaired) electrons. The highest BCUT2D eigenvalue weighted by Gasteiger charge is 2.60. The molecule has 18 aromatic rings. The zero-order valence-corrected chi connectivity index (χ0v) is 89.7. The molecule has 0 N–H and O–H groups in total. The monoisotopic (exact) mass is 1950 g/mol. The maximum Gasteiger partial charge on any atom is 0.144 e. The van der Waals surface area contributed by atoms with Crippen LogP contribution in [0.2, 0.25) is 0 Å². The average Bonchev–Trinajstić information content (AvgIpc) is 1.48. The summed E-state index contributed by atoms with van der Waals surface area (Å²) in [4.78, 5) is 2.79. The van der Waals surface area contributed by atoms with Gasteiger partial charge in [0.15, 0.2) is 0 Å². The van der Waals surface area contributed by atoms with Crippen LogP contribution in [0.15, 0.2) is 318 Å². The number of para-hydroxylation sites is 2. The molecule has 149 heavy (non-hydrogen) atoms. The molecule has 0 bridgehead atoms. The van der Waals surface area contributed by atoms with Crippen LogP contribution in [-0.4, -0.2) is 0 Å². The highest BCUT2D eigenvalue weighted by molar-refractivity contribution is 6.22. The molecule has 0 unspecified atom stereocenters. The summed E-state index contributed by atoms with van der Waals surface area (Å²) in [6, 6.07) is 125. The second-order valence-electron chi connectivity index (χ2n) is 46.9. The maximum absolute atomic E-state index is 7.92. The fraction of sp³-hybridized carbons (Fsp3) is 0.342. The summed E-state index contributed by atoms with van der Waals surface area (Å²) in [5.41, 5.74) is 52.2. The zero-order valence-electron chi connectivity index (χ0n) is 89.7. The molecule has 8 aliphatic carbocycles. The van der Waals surface area contributed by atoms with E-state index in [2.05, 4.69) is 370 Å². The summed E-state index contributed by atoms with van der Waals surface area (Å²) in [5.74, 6) is 0. The van der Waals surface area contributed by atoms with Crippen LogP contribution in [0.3, 0.4) is 0 Å². The van der Waals surface area contributed by atoms with Gasteiger partial charge in [-0.15, -0.1) is 0 Å². The number of hydrogen-bond acceptors (Lipinski definition) is 3. The Bertz CT molecular complexity index is 8130. The molecule has 16 aromatic carbocycles. The SMILES string of the molecule is CCCCCCCC1(CCCCCCC)c2ccccc2-c2ccc(-c3ccc4c(c3)C(C)(C)c3cc(N(c5ccc6c(c5)C(CCCCCCC)(CCCCCCC)c5c7c(c8c(oc9ccccc98)c5-6)-c5ccccc5C7(CCCCCCC)CCCCCCC)c5ccc6c(c5)C5(c7ccccc7-c7ccccc75)c5cc7c(cc5-6)C5(c6ccccc6-c6ccccc65)c5ccc6oc8ccccc8c6c5-7)ccc3-4)cc21. The van der Waals surface area contributed by atoms with Crippen molar-refractivity contribution in [2.24, 2.45) is 0 Å². The molecule has 8 aliphatic rings. The van der Waals surface area contributed by atoms with Crippen molar-refractivity contribution in [3.8, 4) is 100 Å². The summed E-state index contributed by atoms with van der Waals surface area (Å²) < 4.78 is 15.0. The highest BCUT2D eigenvalue weighted by atomic mass is 16.3. The zero-order chi connectivity index (χ0) is 100. The fourth-order valence-electron chi connectivity index (χ4n) is 31.6. The van der Waals surface area contributed by atoms with Crippen LogP contribution >= 0.6 is 0 Å². The lowest BCUT2D eigenvalue weighted by molar-refractivity contribution is 0.369. The van der Waals surface area contributed by atoms with Gasteiger partial charge in [-0.3, -0.25) is 0 Å². The van der Waals surface area contributed by atoms with Gasteiger partial charge in [0.2, 0.25) is 0 Å². The molecule has 2 spiro atoms. The van der Waals surface area contributed by atoms with Crippen molar-refractivity contribution in [1.82, 2.24) is 0 Å². The molecule has 748 valence electrons. The third-order valence-corrected chi connectivity index (χ3v) is 38.3. The summed E-state index contributed by atoms with van der Waals surface area (Å²) in [5, 5.41) is 4.91. The van der Waals surface area contributed by atoms with E-state index in [1.54, 1.807) is 27.8 Å². The van der Waals surface area contributed by atoms with E-state index in [9.17, 15) is 0 Å². The van der Waals surface area contributed by atoms with Crippen molar-refractivity contribution in [3.05, 3.63) is 398 Å². The number of rotatable bonds is 40. The average molecular weight is 1950 g/mol. The van der Waals surface area contributed by atoms with E-state index in [0.717, 1.165) is 71.9 Å². The first-order chi connectivity index (χ1) is 73.4. The van der Waals surface area contributed by atoms with Gasteiger partial charge in [0.25, 0.3) is 0 Å². The predicted octanol–water partition coefficient (Wildman–Crippen LogP) is 42.6. The van der Waals surface area contributed by atoms with E-state index in [1.165, 1.54) is 381 Å².